The molecule has 0 atom stereocenters. The number of ether oxygens (including phenoxy) is 1. The Morgan fingerprint density at radius 2 is 1.07 bits per heavy atom. The van der Waals surface area contributed by atoms with E-state index in [-0.39, 0.29) is 11.2 Å². The summed E-state index contributed by atoms with van der Waals surface area (Å²) in [6.45, 7) is 16.8. The van der Waals surface area contributed by atoms with Gasteiger partial charge < -0.3 is 4.74 Å². The molecule has 0 aromatic heterocycles. The highest BCUT2D eigenvalue weighted by Gasteiger charge is 2.30. The molecule has 1 heteroatoms. The van der Waals surface area contributed by atoms with Crippen LogP contribution in [0.3, 0.4) is 0 Å². The molecule has 0 spiro atoms. The maximum absolute atomic E-state index is 6.19. The molecule has 0 aliphatic rings. The Labute approximate surface area is 95.2 Å². The van der Waals surface area contributed by atoms with Gasteiger partial charge in [0, 0.05) is 0 Å². The molecule has 0 rings (SSSR count). The number of hydrogen-bond acceptors (Lipinski definition) is 1. The summed E-state index contributed by atoms with van der Waals surface area (Å²) >= 11 is 0. The van der Waals surface area contributed by atoms with E-state index in [1.54, 1.807) is 0 Å². The lowest BCUT2D eigenvalue weighted by Crippen LogP contribution is -2.38. The van der Waals surface area contributed by atoms with Gasteiger partial charge in [-0.1, -0.05) is 12.2 Å². The van der Waals surface area contributed by atoms with Gasteiger partial charge in [-0.3, -0.25) is 0 Å². The van der Waals surface area contributed by atoms with Crippen molar-refractivity contribution in [2.45, 2.75) is 66.6 Å². The van der Waals surface area contributed by atoms with E-state index in [1.165, 1.54) is 11.1 Å². The van der Waals surface area contributed by atoms with E-state index in [4.69, 9.17) is 4.74 Å². The monoisotopic (exact) mass is 210 g/mol. The highest BCUT2D eigenvalue weighted by atomic mass is 16.5. The third-order valence-electron chi connectivity index (χ3n) is 3.28. The van der Waals surface area contributed by atoms with Crippen LogP contribution < -0.4 is 0 Å². The summed E-state index contributed by atoms with van der Waals surface area (Å²) < 4.78 is 6.19. The molecule has 1 nitrogen and oxygen atoms in total. The summed E-state index contributed by atoms with van der Waals surface area (Å²) in [6.07, 6.45) is 4.22. The Morgan fingerprint density at radius 1 is 0.800 bits per heavy atom. The van der Waals surface area contributed by atoms with Crippen molar-refractivity contribution in [1.82, 2.24) is 0 Å². The fourth-order valence-electron chi connectivity index (χ4n) is 1.49. The van der Waals surface area contributed by atoms with Crippen molar-refractivity contribution in [3.05, 3.63) is 23.3 Å². The van der Waals surface area contributed by atoms with Gasteiger partial charge in [-0.15, -0.1) is 0 Å². The van der Waals surface area contributed by atoms with E-state index >= 15 is 0 Å². The molecular formula is C14H26O. The molecule has 0 unspecified atom stereocenters. The number of hydrogen-bond donors (Lipinski definition) is 0. The highest BCUT2D eigenvalue weighted by Crippen LogP contribution is 2.30. The molecule has 0 aromatic carbocycles. The Balaban J connectivity index is 4.88. The first kappa shape index (κ1) is 14.4. The minimum atomic E-state index is -0.206. The fourth-order valence-corrected chi connectivity index (χ4v) is 1.49. The van der Waals surface area contributed by atoms with Crippen molar-refractivity contribution < 1.29 is 4.74 Å². The lowest BCUT2D eigenvalue weighted by atomic mass is 9.94. The van der Waals surface area contributed by atoms with Crippen molar-refractivity contribution in [1.29, 1.82) is 0 Å². The summed E-state index contributed by atoms with van der Waals surface area (Å²) in [4.78, 5) is 0. The summed E-state index contributed by atoms with van der Waals surface area (Å²) in [5.74, 6) is 0. The van der Waals surface area contributed by atoms with Gasteiger partial charge in [0.25, 0.3) is 0 Å². The lowest BCUT2D eigenvalue weighted by Gasteiger charge is -2.37. The van der Waals surface area contributed by atoms with Crippen LogP contribution in [-0.2, 0) is 4.74 Å². The second kappa shape index (κ2) is 4.98. The van der Waals surface area contributed by atoms with E-state index in [2.05, 4.69) is 67.5 Å². The molecule has 0 aromatic rings. The predicted molar refractivity (Wildman–Crippen MR) is 68.1 cm³/mol. The van der Waals surface area contributed by atoms with Crippen LogP contribution in [-0.4, -0.2) is 11.2 Å². The van der Waals surface area contributed by atoms with Gasteiger partial charge in [0.2, 0.25) is 0 Å². The average Bonchev–Trinajstić information content (AvgIpc) is 2.13. The Hall–Kier alpha value is -0.560. The molecule has 0 N–H and O–H groups in total. The van der Waals surface area contributed by atoms with Crippen LogP contribution in [0.2, 0.25) is 0 Å². The minimum Gasteiger partial charge on any atom is -0.361 e. The predicted octanol–water partition coefficient (Wildman–Crippen LogP) is 4.49. The molecule has 0 saturated heterocycles. The molecule has 0 fully saturated rings. The van der Waals surface area contributed by atoms with Gasteiger partial charge in [0.1, 0.15) is 0 Å². The van der Waals surface area contributed by atoms with Crippen LogP contribution in [0.1, 0.15) is 55.4 Å². The van der Waals surface area contributed by atoms with Crippen molar-refractivity contribution in [2.75, 3.05) is 0 Å². The highest BCUT2D eigenvalue weighted by molar-refractivity contribution is 5.16. The zero-order chi connectivity index (χ0) is 12.3. The third-order valence-corrected chi connectivity index (χ3v) is 3.28. The van der Waals surface area contributed by atoms with Crippen molar-refractivity contribution in [2.24, 2.45) is 0 Å². The quantitative estimate of drug-likeness (QED) is 0.621. The van der Waals surface area contributed by atoms with Gasteiger partial charge in [0.05, 0.1) is 11.2 Å². The van der Waals surface area contributed by atoms with E-state index < -0.39 is 0 Å². The zero-order valence-electron chi connectivity index (χ0n) is 11.6. The maximum atomic E-state index is 6.19. The number of rotatable bonds is 4. The smallest absolute Gasteiger partial charge is 0.0844 e. The van der Waals surface area contributed by atoms with Gasteiger partial charge in [0.15, 0.2) is 0 Å². The Kier molecular flexibility index (Phi) is 4.79. The minimum absolute atomic E-state index is 0.206. The third kappa shape index (κ3) is 3.83. The molecule has 0 radical (unpaired) electrons. The van der Waals surface area contributed by atoms with Crippen molar-refractivity contribution in [3.63, 3.8) is 0 Å². The van der Waals surface area contributed by atoms with Crippen LogP contribution in [0.15, 0.2) is 23.3 Å². The topological polar surface area (TPSA) is 9.23 Å². The molecule has 88 valence electrons. The van der Waals surface area contributed by atoms with Crippen LogP contribution >= 0.6 is 0 Å². The summed E-state index contributed by atoms with van der Waals surface area (Å²) in [6, 6.07) is 0. The van der Waals surface area contributed by atoms with E-state index in [1.807, 2.05) is 0 Å². The molecule has 0 aliphatic heterocycles. The van der Waals surface area contributed by atoms with Crippen molar-refractivity contribution in [3.8, 4) is 0 Å². The van der Waals surface area contributed by atoms with E-state index in [0.717, 1.165) is 0 Å². The molecule has 0 saturated carbocycles. The molecule has 15 heavy (non-hydrogen) atoms. The lowest BCUT2D eigenvalue weighted by molar-refractivity contribution is -0.0813. The van der Waals surface area contributed by atoms with Crippen LogP contribution in [0.5, 0.6) is 0 Å². The second-order valence-electron chi connectivity index (χ2n) is 5.07. The van der Waals surface area contributed by atoms with Gasteiger partial charge in [-0.05, 0) is 66.5 Å². The SMILES string of the molecule is CC=C(C)C(C)(C)OC(C)(C)C(C)=CC. The van der Waals surface area contributed by atoms with Gasteiger partial charge in [-0.25, -0.2) is 0 Å². The number of allylic oxidation sites excluding steroid dienone is 2. The van der Waals surface area contributed by atoms with Crippen LogP contribution in [0.25, 0.3) is 0 Å². The molecule has 0 aliphatic carbocycles. The largest absolute Gasteiger partial charge is 0.361 e. The standard InChI is InChI=1S/C14H26O/c1-9-11(3)13(5,6)15-14(7,8)12(4)10-2/h9-10H,1-8H3. The van der Waals surface area contributed by atoms with Crippen molar-refractivity contribution >= 4 is 0 Å². The van der Waals surface area contributed by atoms with Crippen LogP contribution in [0.4, 0.5) is 0 Å². The summed E-state index contributed by atoms with van der Waals surface area (Å²) in [5.41, 5.74) is 2.12. The van der Waals surface area contributed by atoms with E-state index in [9.17, 15) is 0 Å². The van der Waals surface area contributed by atoms with Gasteiger partial charge >= 0.3 is 0 Å². The summed E-state index contributed by atoms with van der Waals surface area (Å²) in [7, 11) is 0. The fraction of sp³-hybridized carbons (Fsp3) is 0.714. The molecule has 0 amide bonds. The molecule has 0 bridgehead atoms. The average molecular weight is 210 g/mol. The second-order valence-corrected chi connectivity index (χ2v) is 5.07. The normalized spacial score (nSPS) is 15.7. The zero-order valence-corrected chi connectivity index (χ0v) is 11.6. The summed E-state index contributed by atoms with van der Waals surface area (Å²) in [5, 5.41) is 0. The first-order valence-electron chi connectivity index (χ1n) is 5.64. The van der Waals surface area contributed by atoms with Gasteiger partial charge in [-0.2, -0.15) is 0 Å². The first-order chi connectivity index (χ1) is 6.67. The Bertz CT molecular complexity index is 239. The van der Waals surface area contributed by atoms with Crippen LogP contribution in [0, 0.1) is 0 Å². The first-order valence-corrected chi connectivity index (χ1v) is 5.64. The Morgan fingerprint density at radius 3 is 1.27 bits per heavy atom. The maximum Gasteiger partial charge on any atom is 0.0844 e. The van der Waals surface area contributed by atoms with E-state index in [0.29, 0.717) is 0 Å². The molecular weight excluding hydrogens is 184 g/mol. The molecule has 0 heterocycles.